The zero-order chi connectivity index (χ0) is 18.6. The molecule has 2 rings (SSSR count). The summed E-state index contributed by atoms with van der Waals surface area (Å²) in [6, 6.07) is 6.26. The second-order valence-electron chi connectivity index (χ2n) is 7.24. The average Bonchev–Trinajstić information content (AvgIpc) is 2.53. The number of carbonyl (C=O) groups excluding carboxylic acids is 2. The number of hydrogen-bond acceptors (Lipinski definition) is 4. The molecule has 1 saturated heterocycles. The summed E-state index contributed by atoms with van der Waals surface area (Å²) < 4.78 is 24.2. The van der Waals surface area contributed by atoms with Gasteiger partial charge in [0.05, 0.1) is 12.5 Å². The van der Waals surface area contributed by atoms with Crippen molar-refractivity contribution in [3.63, 3.8) is 0 Å². The molecule has 6 heteroatoms. The highest BCUT2D eigenvalue weighted by atomic mass is 19.1. The molecule has 0 N–H and O–H groups in total. The molecule has 0 aromatic heterocycles. The lowest BCUT2D eigenvalue weighted by Gasteiger charge is -2.38. The molecule has 1 amide bonds. The number of amides is 1. The van der Waals surface area contributed by atoms with Crippen molar-refractivity contribution in [3.8, 4) is 0 Å². The van der Waals surface area contributed by atoms with E-state index in [0.717, 1.165) is 5.56 Å². The van der Waals surface area contributed by atoms with Gasteiger partial charge in [0.2, 0.25) is 0 Å². The van der Waals surface area contributed by atoms with Gasteiger partial charge in [-0.2, -0.15) is 0 Å². The zero-order valence-electron chi connectivity index (χ0n) is 15.3. The van der Waals surface area contributed by atoms with Crippen molar-refractivity contribution in [1.82, 2.24) is 4.90 Å². The third-order valence-electron chi connectivity index (χ3n) is 4.13. The van der Waals surface area contributed by atoms with Crippen LogP contribution in [0.3, 0.4) is 0 Å². The van der Waals surface area contributed by atoms with Crippen molar-refractivity contribution in [2.24, 2.45) is 5.92 Å². The standard InChI is InChI=1S/C19H26FNO4/c1-5-24-17(22)16-12-21(18(23)25-19(2,3)4)10-9-15(16)13-7-6-8-14(20)11-13/h6-8,11,15-16H,5,9-10,12H2,1-4H3/t15-,16+/m0/s1. The van der Waals surface area contributed by atoms with Crippen molar-refractivity contribution in [2.45, 2.75) is 45.6 Å². The van der Waals surface area contributed by atoms with Gasteiger partial charge in [0.25, 0.3) is 0 Å². The van der Waals surface area contributed by atoms with Crippen LogP contribution < -0.4 is 0 Å². The Bertz CT molecular complexity index is 626. The van der Waals surface area contributed by atoms with Gasteiger partial charge in [-0.15, -0.1) is 0 Å². The highest BCUT2D eigenvalue weighted by Gasteiger charge is 2.39. The topological polar surface area (TPSA) is 55.8 Å². The van der Waals surface area contributed by atoms with E-state index in [0.29, 0.717) is 13.0 Å². The number of ether oxygens (including phenoxy) is 2. The van der Waals surface area contributed by atoms with Crippen molar-refractivity contribution in [3.05, 3.63) is 35.6 Å². The molecule has 1 fully saturated rings. The lowest BCUT2D eigenvalue weighted by Crippen LogP contribution is -2.47. The predicted octanol–water partition coefficient (Wildman–Crippen LogP) is 3.73. The minimum atomic E-state index is -0.601. The van der Waals surface area contributed by atoms with Gasteiger partial charge in [-0.1, -0.05) is 12.1 Å². The second-order valence-corrected chi connectivity index (χ2v) is 7.24. The van der Waals surface area contributed by atoms with Crippen LogP contribution in [0.2, 0.25) is 0 Å². The predicted molar refractivity (Wildman–Crippen MR) is 91.7 cm³/mol. The quantitative estimate of drug-likeness (QED) is 0.779. The number of piperidine rings is 1. The Morgan fingerprint density at radius 1 is 1.32 bits per heavy atom. The summed E-state index contributed by atoms with van der Waals surface area (Å²) in [5.74, 6) is -1.43. The normalized spacial score (nSPS) is 20.9. The van der Waals surface area contributed by atoms with E-state index < -0.39 is 17.6 Å². The smallest absolute Gasteiger partial charge is 0.410 e. The van der Waals surface area contributed by atoms with Crippen LogP contribution in [0, 0.1) is 11.7 Å². The Hall–Kier alpha value is -2.11. The van der Waals surface area contributed by atoms with E-state index in [2.05, 4.69) is 0 Å². The number of esters is 1. The van der Waals surface area contributed by atoms with E-state index in [1.807, 2.05) is 6.07 Å². The van der Waals surface area contributed by atoms with Crippen molar-refractivity contribution in [2.75, 3.05) is 19.7 Å². The Kier molecular flexibility index (Phi) is 6.03. The minimum absolute atomic E-state index is 0.187. The lowest BCUT2D eigenvalue weighted by molar-refractivity contribution is -0.150. The van der Waals surface area contributed by atoms with Gasteiger partial charge in [-0.3, -0.25) is 4.79 Å². The van der Waals surface area contributed by atoms with Gasteiger partial charge in [-0.05, 0) is 51.8 Å². The summed E-state index contributed by atoms with van der Waals surface area (Å²) in [6.45, 7) is 8.05. The number of halogens is 1. The molecule has 1 heterocycles. The molecule has 0 aliphatic carbocycles. The Morgan fingerprint density at radius 3 is 2.64 bits per heavy atom. The maximum Gasteiger partial charge on any atom is 0.410 e. The molecule has 2 atom stereocenters. The van der Waals surface area contributed by atoms with Crippen LogP contribution in [-0.4, -0.2) is 42.3 Å². The van der Waals surface area contributed by atoms with Crippen molar-refractivity contribution < 1.29 is 23.5 Å². The molecule has 1 aliphatic rings. The lowest BCUT2D eigenvalue weighted by atomic mass is 9.80. The van der Waals surface area contributed by atoms with Gasteiger partial charge < -0.3 is 14.4 Å². The highest BCUT2D eigenvalue weighted by molar-refractivity contribution is 5.76. The van der Waals surface area contributed by atoms with E-state index >= 15 is 0 Å². The summed E-state index contributed by atoms with van der Waals surface area (Å²) in [5.41, 5.74) is 0.150. The van der Waals surface area contributed by atoms with Gasteiger partial charge in [0.15, 0.2) is 0 Å². The van der Waals surface area contributed by atoms with Gasteiger partial charge in [-0.25, -0.2) is 9.18 Å². The summed E-state index contributed by atoms with van der Waals surface area (Å²) in [4.78, 5) is 26.3. The molecule has 0 radical (unpaired) electrons. The van der Waals surface area contributed by atoms with Crippen molar-refractivity contribution >= 4 is 12.1 Å². The molecule has 5 nitrogen and oxygen atoms in total. The third kappa shape index (κ3) is 5.18. The van der Waals surface area contributed by atoms with Crippen LogP contribution in [0.1, 0.15) is 45.6 Å². The fourth-order valence-electron chi connectivity index (χ4n) is 3.07. The molecular formula is C19H26FNO4. The fourth-order valence-corrected chi connectivity index (χ4v) is 3.07. The van der Waals surface area contributed by atoms with Crippen LogP contribution in [-0.2, 0) is 14.3 Å². The number of nitrogens with zero attached hydrogens (tertiary/aromatic N) is 1. The monoisotopic (exact) mass is 351 g/mol. The molecule has 0 saturated carbocycles. The molecule has 1 aromatic carbocycles. The van der Waals surface area contributed by atoms with Gasteiger partial charge >= 0.3 is 12.1 Å². The number of rotatable bonds is 3. The van der Waals surface area contributed by atoms with E-state index in [1.54, 1.807) is 33.8 Å². The minimum Gasteiger partial charge on any atom is -0.466 e. The van der Waals surface area contributed by atoms with E-state index in [1.165, 1.54) is 17.0 Å². The Morgan fingerprint density at radius 2 is 2.04 bits per heavy atom. The fraction of sp³-hybridized carbons (Fsp3) is 0.579. The van der Waals surface area contributed by atoms with Crippen LogP contribution in [0.5, 0.6) is 0 Å². The molecule has 25 heavy (non-hydrogen) atoms. The first-order valence-corrected chi connectivity index (χ1v) is 8.61. The van der Waals surface area contributed by atoms with Gasteiger partial charge in [0, 0.05) is 19.0 Å². The molecule has 138 valence electrons. The van der Waals surface area contributed by atoms with Crippen LogP contribution in [0.25, 0.3) is 0 Å². The first-order chi connectivity index (χ1) is 11.7. The summed E-state index contributed by atoms with van der Waals surface area (Å²) in [7, 11) is 0. The SMILES string of the molecule is CCOC(=O)[C@@H]1CN(C(=O)OC(C)(C)C)CC[C@H]1c1cccc(F)c1. The highest BCUT2D eigenvalue weighted by Crippen LogP contribution is 2.34. The summed E-state index contributed by atoms with van der Waals surface area (Å²) >= 11 is 0. The largest absolute Gasteiger partial charge is 0.466 e. The Labute approximate surface area is 148 Å². The number of likely N-dealkylation sites (tertiary alicyclic amines) is 1. The van der Waals surface area contributed by atoms with E-state index in [9.17, 15) is 14.0 Å². The van der Waals surface area contributed by atoms with E-state index in [-0.39, 0.29) is 30.9 Å². The van der Waals surface area contributed by atoms with Crippen LogP contribution >= 0.6 is 0 Å². The molecule has 1 aliphatic heterocycles. The molecular weight excluding hydrogens is 325 g/mol. The number of carbonyl (C=O) groups is 2. The van der Waals surface area contributed by atoms with Crippen LogP contribution in [0.15, 0.2) is 24.3 Å². The van der Waals surface area contributed by atoms with E-state index in [4.69, 9.17) is 9.47 Å². The second kappa shape index (κ2) is 7.85. The first kappa shape index (κ1) is 19.2. The summed E-state index contributed by atoms with van der Waals surface area (Å²) in [5, 5.41) is 0. The van der Waals surface area contributed by atoms with Crippen LogP contribution in [0.4, 0.5) is 9.18 Å². The zero-order valence-corrected chi connectivity index (χ0v) is 15.3. The summed E-state index contributed by atoms with van der Waals surface area (Å²) in [6.07, 6.45) is 0.103. The first-order valence-electron chi connectivity index (χ1n) is 8.61. The Balaban J connectivity index is 2.20. The number of hydrogen-bond donors (Lipinski definition) is 0. The average molecular weight is 351 g/mol. The molecule has 0 bridgehead atoms. The molecule has 1 aromatic rings. The third-order valence-corrected chi connectivity index (χ3v) is 4.13. The number of benzene rings is 1. The maximum atomic E-state index is 13.6. The van der Waals surface area contributed by atoms with Gasteiger partial charge in [0.1, 0.15) is 11.4 Å². The molecule has 0 spiro atoms. The maximum absolute atomic E-state index is 13.6. The van der Waals surface area contributed by atoms with Crippen molar-refractivity contribution in [1.29, 1.82) is 0 Å². The molecule has 0 unspecified atom stereocenters.